The summed E-state index contributed by atoms with van der Waals surface area (Å²) in [6, 6.07) is 17.4. The molecule has 2 aromatic rings. The van der Waals surface area contributed by atoms with Crippen molar-refractivity contribution >= 4 is 11.6 Å². The van der Waals surface area contributed by atoms with Gasteiger partial charge in [0, 0.05) is 12.2 Å². The highest BCUT2D eigenvalue weighted by molar-refractivity contribution is 5.94. The number of aliphatic hydroxyl groups is 1. The van der Waals surface area contributed by atoms with Gasteiger partial charge in [0.05, 0.1) is 12.5 Å². The lowest BCUT2D eigenvalue weighted by Crippen LogP contribution is -2.36. The van der Waals surface area contributed by atoms with E-state index in [1.165, 1.54) is 5.56 Å². The van der Waals surface area contributed by atoms with Crippen molar-refractivity contribution in [2.45, 2.75) is 25.4 Å². The highest BCUT2D eigenvalue weighted by Crippen LogP contribution is 2.28. The molecule has 0 radical (unpaired) electrons. The first kappa shape index (κ1) is 13.8. The highest BCUT2D eigenvalue weighted by Gasteiger charge is 2.24. The largest absolute Gasteiger partial charge is 0.388 e. The fraction of sp³-hybridized carbons (Fsp3) is 0.278. The fourth-order valence-electron chi connectivity index (χ4n) is 2.86. The molecule has 1 atom stereocenters. The molecule has 108 valence electrons. The van der Waals surface area contributed by atoms with E-state index in [4.69, 9.17) is 0 Å². The van der Waals surface area contributed by atoms with Crippen molar-refractivity contribution in [3.8, 4) is 0 Å². The molecule has 1 aliphatic heterocycles. The van der Waals surface area contributed by atoms with Gasteiger partial charge in [-0.1, -0.05) is 48.5 Å². The topological polar surface area (TPSA) is 40.5 Å². The van der Waals surface area contributed by atoms with E-state index in [-0.39, 0.29) is 12.3 Å². The van der Waals surface area contributed by atoms with Gasteiger partial charge in [-0.15, -0.1) is 0 Å². The van der Waals surface area contributed by atoms with Gasteiger partial charge in [-0.05, 0) is 30.0 Å². The number of aryl methyl sites for hydroxylation is 1. The summed E-state index contributed by atoms with van der Waals surface area (Å²) >= 11 is 0. The fourth-order valence-corrected chi connectivity index (χ4v) is 2.86. The van der Waals surface area contributed by atoms with E-state index in [0.717, 1.165) is 30.6 Å². The second-order valence-corrected chi connectivity index (χ2v) is 5.41. The predicted molar refractivity (Wildman–Crippen MR) is 83.1 cm³/mol. The minimum Gasteiger partial charge on any atom is -0.388 e. The van der Waals surface area contributed by atoms with Gasteiger partial charge in [0.2, 0.25) is 5.91 Å². The quantitative estimate of drug-likeness (QED) is 0.939. The average molecular weight is 281 g/mol. The van der Waals surface area contributed by atoms with Crippen LogP contribution in [-0.4, -0.2) is 17.6 Å². The number of benzene rings is 2. The Bertz CT molecular complexity index is 624. The first-order valence-corrected chi connectivity index (χ1v) is 7.37. The number of anilines is 1. The zero-order valence-electron chi connectivity index (χ0n) is 11.9. The molecule has 3 rings (SSSR count). The summed E-state index contributed by atoms with van der Waals surface area (Å²) in [5.74, 6) is -0.0153. The highest BCUT2D eigenvalue weighted by atomic mass is 16.3. The van der Waals surface area contributed by atoms with Crippen LogP contribution in [0.4, 0.5) is 5.69 Å². The number of para-hydroxylation sites is 1. The van der Waals surface area contributed by atoms with E-state index in [9.17, 15) is 9.90 Å². The first-order valence-electron chi connectivity index (χ1n) is 7.37. The number of amides is 1. The minimum atomic E-state index is -0.743. The number of nitrogens with zero attached hydrogens (tertiary/aromatic N) is 1. The van der Waals surface area contributed by atoms with Gasteiger partial charge in [0.25, 0.3) is 0 Å². The number of carbonyl (C=O) groups excluding carboxylic acids is 1. The number of carbonyl (C=O) groups is 1. The third kappa shape index (κ3) is 2.98. The molecule has 0 aliphatic carbocycles. The molecule has 3 heteroatoms. The summed E-state index contributed by atoms with van der Waals surface area (Å²) in [6.07, 6.45) is 1.37. The molecular weight excluding hydrogens is 262 g/mol. The van der Waals surface area contributed by atoms with Crippen LogP contribution in [0.3, 0.4) is 0 Å². The van der Waals surface area contributed by atoms with Crippen LogP contribution >= 0.6 is 0 Å². The summed E-state index contributed by atoms with van der Waals surface area (Å²) in [4.78, 5) is 14.3. The van der Waals surface area contributed by atoms with E-state index < -0.39 is 6.10 Å². The van der Waals surface area contributed by atoms with Crippen LogP contribution in [0.5, 0.6) is 0 Å². The van der Waals surface area contributed by atoms with Crippen LogP contribution in [0.15, 0.2) is 54.6 Å². The number of rotatable bonds is 3. The summed E-state index contributed by atoms with van der Waals surface area (Å²) in [5.41, 5.74) is 3.00. The monoisotopic (exact) mass is 281 g/mol. The summed E-state index contributed by atoms with van der Waals surface area (Å²) in [6.45, 7) is 0.733. The van der Waals surface area contributed by atoms with Crippen LogP contribution in [0.2, 0.25) is 0 Å². The van der Waals surface area contributed by atoms with Crippen molar-refractivity contribution in [2.24, 2.45) is 0 Å². The number of fused-ring (bicyclic) bond motifs is 1. The molecule has 1 aliphatic rings. The maximum absolute atomic E-state index is 12.5. The second kappa shape index (κ2) is 6.10. The average Bonchev–Trinajstić information content (AvgIpc) is 2.55. The van der Waals surface area contributed by atoms with E-state index in [2.05, 4.69) is 6.07 Å². The molecule has 3 nitrogen and oxygen atoms in total. The van der Waals surface area contributed by atoms with E-state index in [0.29, 0.717) is 0 Å². The first-order chi connectivity index (χ1) is 10.3. The van der Waals surface area contributed by atoms with Gasteiger partial charge in [0.15, 0.2) is 0 Å². The molecule has 0 fully saturated rings. The Morgan fingerprint density at radius 2 is 1.81 bits per heavy atom. The molecule has 0 aromatic heterocycles. The molecule has 1 unspecified atom stereocenters. The third-order valence-electron chi connectivity index (χ3n) is 3.96. The van der Waals surface area contributed by atoms with Crippen molar-refractivity contribution in [1.29, 1.82) is 0 Å². The van der Waals surface area contributed by atoms with Crippen LogP contribution in [-0.2, 0) is 11.2 Å². The number of hydrogen-bond donors (Lipinski definition) is 1. The lowest BCUT2D eigenvalue weighted by molar-refractivity contribution is -0.120. The van der Waals surface area contributed by atoms with Gasteiger partial charge < -0.3 is 10.0 Å². The van der Waals surface area contributed by atoms with Crippen molar-refractivity contribution < 1.29 is 9.90 Å². The molecular formula is C18H19NO2. The molecule has 0 spiro atoms. The summed E-state index contributed by atoms with van der Waals surface area (Å²) < 4.78 is 0. The van der Waals surface area contributed by atoms with Crippen LogP contribution in [0.1, 0.15) is 30.1 Å². The molecule has 1 heterocycles. The smallest absolute Gasteiger partial charge is 0.229 e. The van der Waals surface area contributed by atoms with Crippen molar-refractivity contribution in [3.05, 3.63) is 65.7 Å². The zero-order valence-corrected chi connectivity index (χ0v) is 11.9. The standard InChI is InChI=1S/C18H19NO2/c20-17(15-8-2-1-3-9-15)13-18(21)19-12-6-10-14-7-4-5-11-16(14)19/h1-5,7-9,11,17,20H,6,10,12-13H2. The van der Waals surface area contributed by atoms with Crippen LogP contribution < -0.4 is 4.90 Å². The molecule has 21 heavy (non-hydrogen) atoms. The second-order valence-electron chi connectivity index (χ2n) is 5.41. The molecule has 0 bridgehead atoms. The molecule has 0 saturated carbocycles. The van der Waals surface area contributed by atoms with Crippen LogP contribution in [0.25, 0.3) is 0 Å². The lowest BCUT2D eigenvalue weighted by Gasteiger charge is -2.30. The van der Waals surface area contributed by atoms with Gasteiger partial charge in [0.1, 0.15) is 0 Å². The van der Waals surface area contributed by atoms with E-state index in [1.54, 1.807) is 0 Å². The van der Waals surface area contributed by atoms with E-state index >= 15 is 0 Å². The Hall–Kier alpha value is -2.13. The maximum Gasteiger partial charge on any atom is 0.229 e. The molecule has 1 N–H and O–H groups in total. The number of hydrogen-bond acceptors (Lipinski definition) is 2. The maximum atomic E-state index is 12.5. The van der Waals surface area contributed by atoms with E-state index in [1.807, 2.05) is 53.4 Å². The Morgan fingerprint density at radius 1 is 1.10 bits per heavy atom. The zero-order chi connectivity index (χ0) is 14.7. The Labute approximate surface area is 124 Å². The summed E-state index contributed by atoms with van der Waals surface area (Å²) in [5, 5.41) is 10.2. The summed E-state index contributed by atoms with van der Waals surface area (Å²) in [7, 11) is 0. The molecule has 0 saturated heterocycles. The molecule has 1 amide bonds. The Kier molecular flexibility index (Phi) is 4.02. The van der Waals surface area contributed by atoms with Crippen molar-refractivity contribution in [1.82, 2.24) is 0 Å². The van der Waals surface area contributed by atoms with Gasteiger partial charge in [-0.25, -0.2) is 0 Å². The molecule has 2 aromatic carbocycles. The van der Waals surface area contributed by atoms with Gasteiger partial charge in [-0.2, -0.15) is 0 Å². The van der Waals surface area contributed by atoms with Crippen molar-refractivity contribution in [2.75, 3.05) is 11.4 Å². The van der Waals surface area contributed by atoms with Crippen molar-refractivity contribution in [3.63, 3.8) is 0 Å². The predicted octanol–water partition coefficient (Wildman–Crippen LogP) is 3.09. The normalized spacial score (nSPS) is 15.4. The SMILES string of the molecule is O=C(CC(O)c1ccccc1)N1CCCc2ccccc21. The number of aliphatic hydroxyl groups excluding tert-OH is 1. The minimum absolute atomic E-state index is 0.0153. The lowest BCUT2D eigenvalue weighted by atomic mass is 10.00. The Balaban J connectivity index is 1.75. The van der Waals surface area contributed by atoms with Gasteiger partial charge >= 0.3 is 0 Å². The Morgan fingerprint density at radius 3 is 2.62 bits per heavy atom. The van der Waals surface area contributed by atoms with Crippen LogP contribution in [0, 0.1) is 0 Å². The van der Waals surface area contributed by atoms with Gasteiger partial charge in [-0.3, -0.25) is 4.79 Å². The third-order valence-corrected chi connectivity index (χ3v) is 3.96.